The Kier molecular flexibility index (Phi) is 5.34. The number of nitrogens with zero attached hydrogens (tertiary/aromatic N) is 1. The Labute approximate surface area is 172 Å². The molecule has 4 nitrogen and oxygen atoms in total. The molecule has 4 heteroatoms. The lowest BCUT2D eigenvalue weighted by molar-refractivity contribution is 0.174. The first-order valence-electron chi connectivity index (χ1n) is 9.96. The molecular formula is C25H27NO3. The number of rotatable bonds is 7. The molecule has 0 bridgehead atoms. The highest BCUT2D eigenvalue weighted by Gasteiger charge is 2.25. The summed E-state index contributed by atoms with van der Waals surface area (Å²) in [7, 11) is 0. The van der Waals surface area contributed by atoms with E-state index in [4.69, 9.17) is 14.2 Å². The van der Waals surface area contributed by atoms with Crippen LogP contribution in [0.25, 0.3) is 5.70 Å². The second-order valence-corrected chi connectivity index (χ2v) is 7.48. The van der Waals surface area contributed by atoms with Gasteiger partial charge in [0.25, 0.3) is 0 Å². The van der Waals surface area contributed by atoms with Crippen LogP contribution in [0.1, 0.15) is 35.1 Å². The van der Waals surface area contributed by atoms with E-state index in [0.717, 1.165) is 53.5 Å². The zero-order chi connectivity index (χ0) is 20.4. The molecule has 0 saturated carbocycles. The highest BCUT2D eigenvalue weighted by molar-refractivity contribution is 5.70. The number of hydrogen-bond acceptors (Lipinski definition) is 4. The molecule has 29 heavy (non-hydrogen) atoms. The van der Waals surface area contributed by atoms with Crippen molar-refractivity contribution in [2.45, 2.75) is 25.7 Å². The molecule has 1 atom stereocenters. The van der Waals surface area contributed by atoms with Crippen molar-refractivity contribution in [2.24, 2.45) is 0 Å². The van der Waals surface area contributed by atoms with Crippen LogP contribution in [0.4, 0.5) is 0 Å². The van der Waals surface area contributed by atoms with Gasteiger partial charge >= 0.3 is 0 Å². The van der Waals surface area contributed by atoms with Crippen LogP contribution >= 0.6 is 0 Å². The molecule has 0 aliphatic carbocycles. The minimum Gasteiger partial charge on any atom is -0.473 e. The van der Waals surface area contributed by atoms with Crippen LogP contribution in [0.2, 0.25) is 0 Å². The van der Waals surface area contributed by atoms with Crippen molar-refractivity contribution in [1.82, 2.24) is 4.90 Å². The lowest BCUT2D eigenvalue weighted by Gasteiger charge is -2.32. The topological polar surface area (TPSA) is 30.9 Å². The molecule has 2 aliphatic heterocycles. The van der Waals surface area contributed by atoms with Crippen molar-refractivity contribution in [3.05, 3.63) is 84.5 Å². The van der Waals surface area contributed by atoms with E-state index in [1.807, 2.05) is 24.3 Å². The zero-order valence-corrected chi connectivity index (χ0v) is 16.9. The summed E-state index contributed by atoms with van der Waals surface area (Å²) in [4.78, 5) is 2.17. The third-order valence-electron chi connectivity index (χ3n) is 5.65. The van der Waals surface area contributed by atoms with Gasteiger partial charge in [0.2, 0.25) is 6.79 Å². The van der Waals surface area contributed by atoms with Gasteiger partial charge in [0.05, 0.1) is 0 Å². The van der Waals surface area contributed by atoms with E-state index in [1.165, 1.54) is 11.1 Å². The predicted molar refractivity (Wildman–Crippen MR) is 116 cm³/mol. The van der Waals surface area contributed by atoms with Crippen molar-refractivity contribution in [3.8, 4) is 17.2 Å². The smallest absolute Gasteiger partial charge is 0.231 e. The maximum atomic E-state index is 6.21. The molecule has 0 N–H and O–H groups in total. The van der Waals surface area contributed by atoms with E-state index in [-0.39, 0.29) is 6.79 Å². The summed E-state index contributed by atoms with van der Waals surface area (Å²) < 4.78 is 17.2. The summed E-state index contributed by atoms with van der Waals surface area (Å²) in [5.41, 5.74) is 5.66. The van der Waals surface area contributed by atoms with Crippen molar-refractivity contribution in [1.29, 1.82) is 0 Å². The molecule has 2 aliphatic rings. The predicted octanol–water partition coefficient (Wildman–Crippen LogP) is 5.30. The Morgan fingerprint density at radius 2 is 1.97 bits per heavy atom. The molecule has 0 saturated heterocycles. The Balaban J connectivity index is 1.50. The summed E-state index contributed by atoms with van der Waals surface area (Å²) >= 11 is 0. The molecule has 0 spiro atoms. The maximum Gasteiger partial charge on any atom is 0.231 e. The van der Waals surface area contributed by atoms with Crippen LogP contribution in [0, 0.1) is 0 Å². The first-order chi connectivity index (χ1) is 14.1. The number of allylic oxidation sites excluding steroid dienone is 2. The Morgan fingerprint density at radius 1 is 1.17 bits per heavy atom. The van der Waals surface area contributed by atoms with Crippen LogP contribution in [0.3, 0.4) is 0 Å². The summed E-state index contributed by atoms with van der Waals surface area (Å²) in [5, 5.41) is 0. The van der Waals surface area contributed by atoms with Crippen LogP contribution in [-0.2, 0) is 12.8 Å². The lowest BCUT2D eigenvalue weighted by atomic mass is 9.96. The molecule has 0 radical (unpaired) electrons. The molecule has 0 fully saturated rings. The second kappa shape index (κ2) is 8.08. The van der Waals surface area contributed by atoms with Gasteiger partial charge in [-0.1, -0.05) is 37.8 Å². The first-order valence-corrected chi connectivity index (χ1v) is 9.96. The fourth-order valence-corrected chi connectivity index (χ4v) is 3.78. The molecule has 1 unspecified atom stereocenters. The largest absolute Gasteiger partial charge is 0.473 e. The van der Waals surface area contributed by atoms with E-state index < -0.39 is 0 Å². The van der Waals surface area contributed by atoms with Gasteiger partial charge in [-0.2, -0.15) is 0 Å². The summed E-state index contributed by atoms with van der Waals surface area (Å²) in [6.07, 6.45) is 5.54. The van der Waals surface area contributed by atoms with E-state index in [0.29, 0.717) is 12.6 Å². The van der Waals surface area contributed by atoms with Gasteiger partial charge in [0.15, 0.2) is 18.2 Å². The first kappa shape index (κ1) is 19.2. The van der Waals surface area contributed by atoms with Gasteiger partial charge in [-0.3, -0.25) is 0 Å². The van der Waals surface area contributed by atoms with Crippen LogP contribution in [-0.4, -0.2) is 25.0 Å². The van der Waals surface area contributed by atoms with E-state index in [1.54, 1.807) is 0 Å². The maximum absolute atomic E-state index is 6.21. The molecule has 150 valence electrons. The standard InChI is InChI=1S/C25H27NO3/c1-5-7-21-12-19(17(3)6-2)8-9-23(21)27-15-26-11-10-20-13-24-25(29-16-28-24)14-22(20)18(26)4/h5-6,8-9,12-14,17H,1-2,4,7,10-11,15-16H2,3H3. The highest BCUT2D eigenvalue weighted by Crippen LogP contribution is 2.39. The Hall–Kier alpha value is -3.14. The van der Waals surface area contributed by atoms with E-state index >= 15 is 0 Å². The molecule has 0 aromatic heterocycles. The quantitative estimate of drug-likeness (QED) is 0.602. The Bertz CT molecular complexity index is 963. The van der Waals surface area contributed by atoms with Crippen LogP contribution < -0.4 is 14.2 Å². The molecule has 2 aromatic rings. The minimum atomic E-state index is 0.282. The van der Waals surface area contributed by atoms with Gasteiger partial charge in [0.1, 0.15) is 5.75 Å². The lowest BCUT2D eigenvalue weighted by Crippen LogP contribution is -2.32. The normalized spacial score (nSPS) is 15.6. The summed E-state index contributed by atoms with van der Waals surface area (Å²) in [5.74, 6) is 2.80. The number of ether oxygens (including phenoxy) is 3. The monoisotopic (exact) mass is 389 g/mol. The van der Waals surface area contributed by atoms with Crippen molar-refractivity contribution in [3.63, 3.8) is 0 Å². The van der Waals surface area contributed by atoms with Crippen molar-refractivity contribution >= 4 is 5.70 Å². The average Bonchev–Trinajstić information content (AvgIpc) is 3.20. The summed E-state index contributed by atoms with van der Waals surface area (Å²) in [6, 6.07) is 10.4. The van der Waals surface area contributed by atoms with Crippen molar-refractivity contribution < 1.29 is 14.2 Å². The molecular weight excluding hydrogens is 362 g/mol. The fourth-order valence-electron chi connectivity index (χ4n) is 3.78. The van der Waals surface area contributed by atoms with Gasteiger partial charge in [-0.25, -0.2) is 0 Å². The van der Waals surface area contributed by atoms with Gasteiger partial charge in [-0.05, 0) is 53.6 Å². The van der Waals surface area contributed by atoms with Gasteiger partial charge < -0.3 is 19.1 Å². The van der Waals surface area contributed by atoms with Crippen LogP contribution in [0.15, 0.2) is 62.2 Å². The fraction of sp³-hybridized carbons (Fsp3) is 0.280. The number of hydrogen-bond donors (Lipinski definition) is 0. The third-order valence-corrected chi connectivity index (χ3v) is 5.65. The van der Waals surface area contributed by atoms with E-state index in [2.05, 4.69) is 49.8 Å². The minimum absolute atomic E-state index is 0.282. The SMILES string of the molecule is C=CCc1cc(C(C)C=C)ccc1OCN1CCc2cc3c(cc2C1=C)OCO3. The summed E-state index contributed by atoms with van der Waals surface area (Å²) in [6.45, 7) is 15.8. The van der Waals surface area contributed by atoms with Crippen LogP contribution in [0.5, 0.6) is 17.2 Å². The number of benzene rings is 2. The highest BCUT2D eigenvalue weighted by atomic mass is 16.7. The third kappa shape index (κ3) is 3.75. The molecule has 4 rings (SSSR count). The Morgan fingerprint density at radius 3 is 2.72 bits per heavy atom. The van der Waals surface area contributed by atoms with E-state index in [9.17, 15) is 0 Å². The molecule has 2 aromatic carbocycles. The second-order valence-electron chi connectivity index (χ2n) is 7.48. The van der Waals surface area contributed by atoms with Crippen molar-refractivity contribution in [2.75, 3.05) is 20.1 Å². The molecule has 0 amide bonds. The average molecular weight is 389 g/mol. The zero-order valence-electron chi connectivity index (χ0n) is 16.9. The van der Waals surface area contributed by atoms with Gasteiger partial charge in [-0.15, -0.1) is 13.2 Å². The number of fused-ring (bicyclic) bond motifs is 2. The molecule has 2 heterocycles. The van der Waals surface area contributed by atoms with Gasteiger partial charge in [0, 0.05) is 17.8 Å².